The molecule has 192 valence electrons. The van der Waals surface area contributed by atoms with E-state index in [9.17, 15) is 29.0 Å². The van der Waals surface area contributed by atoms with Gasteiger partial charge in [-0.05, 0) is 47.4 Å². The van der Waals surface area contributed by atoms with Crippen LogP contribution in [0.5, 0.6) is 0 Å². The molecule has 0 saturated carbocycles. The maximum atomic E-state index is 12.7. The minimum atomic E-state index is -1.51. The normalized spacial score (nSPS) is 9.43. The van der Waals surface area contributed by atoms with Gasteiger partial charge in [-0.3, -0.25) is 30.2 Å². The lowest BCUT2D eigenvalue weighted by molar-refractivity contribution is -0.385. The van der Waals surface area contributed by atoms with Crippen molar-refractivity contribution in [3.8, 4) is 11.1 Å². The molecule has 0 unspecified atom stereocenters. The monoisotopic (exact) mass is 532 g/mol. The molecule has 4 rings (SSSR count). The summed E-state index contributed by atoms with van der Waals surface area (Å²) in [6.45, 7) is 0. The second kappa shape index (κ2) is 14.9. The van der Waals surface area contributed by atoms with Gasteiger partial charge in [0.1, 0.15) is 29.1 Å². The first-order chi connectivity index (χ1) is 17.1. The molecule has 10 nitrogen and oxygen atoms in total. The van der Waals surface area contributed by atoms with E-state index in [4.69, 9.17) is 21.6 Å². The van der Waals surface area contributed by atoms with Crippen LogP contribution in [0, 0.1) is 31.9 Å². The lowest BCUT2D eigenvalue weighted by Gasteiger charge is -2.01. The molecule has 14 heteroatoms. The number of hydrogen-bond donors (Lipinski definition) is 2. The number of pyridine rings is 2. The summed E-state index contributed by atoms with van der Waals surface area (Å²) in [7, 11) is -1.51. The molecule has 0 atom stereocenters. The Morgan fingerprint density at radius 3 is 1.65 bits per heavy atom. The van der Waals surface area contributed by atoms with E-state index in [1.54, 1.807) is 0 Å². The second-order valence-corrected chi connectivity index (χ2v) is 7.07. The maximum Gasteiger partial charge on any atom is 0.488 e. The molecular formula is C23H20BClF2N4O6. The van der Waals surface area contributed by atoms with Crippen LogP contribution in [-0.4, -0.2) is 37.0 Å². The Balaban J connectivity index is 0.000000287. The Hall–Kier alpha value is -4.33. The van der Waals surface area contributed by atoms with Gasteiger partial charge in [-0.2, -0.15) is 0 Å². The zero-order valence-electron chi connectivity index (χ0n) is 18.1. The SMILES string of the molecule is C.O=[N+]([O-])c1cnccc1-c1ccc(F)cc1.O=[N+]([O-])c1cnccc1Cl.OB(O)c1ccc(F)cc1. The third-order valence-electron chi connectivity index (χ3n) is 4.27. The van der Waals surface area contributed by atoms with Gasteiger partial charge in [-0.15, -0.1) is 0 Å². The molecule has 2 heterocycles. The van der Waals surface area contributed by atoms with E-state index in [1.165, 1.54) is 79.3 Å². The molecule has 2 aromatic heterocycles. The quantitative estimate of drug-likeness (QED) is 0.220. The highest BCUT2D eigenvalue weighted by Gasteiger charge is 2.14. The van der Waals surface area contributed by atoms with E-state index in [1.807, 2.05) is 0 Å². The number of hydrogen-bond acceptors (Lipinski definition) is 8. The summed E-state index contributed by atoms with van der Waals surface area (Å²) < 4.78 is 24.9. The molecule has 4 aromatic rings. The number of halogens is 3. The largest absolute Gasteiger partial charge is 0.488 e. The number of benzene rings is 2. The van der Waals surface area contributed by atoms with Crippen LogP contribution in [-0.2, 0) is 0 Å². The number of nitrogens with zero attached hydrogens (tertiary/aromatic N) is 4. The predicted octanol–water partition coefficient (Wildman–Crippen LogP) is 4.58. The van der Waals surface area contributed by atoms with E-state index in [0.717, 1.165) is 6.20 Å². The van der Waals surface area contributed by atoms with Crippen LogP contribution in [0.25, 0.3) is 11.1 Å². The van der Waals surface area contributed by atoms with Gasteiger partial charge in [0.05, 0.1) is 15.4 Å². The molecule has 0 aliphatic heterocycles. The first-order valence-corrected chi connectivity index (χ1v) is 10.2. The van der Waals surface area contributed by atoms with Crippen molar-refractivity contribution in [2.45, 2.75) is 7.43 Å². The molecule has 0 fully saturated rings. The Morgan fingerprint density at radius 2 is 1.22 bits per heavy atom. The van der Waals surface area contributed by atoms with Crippen molar-refractivity contribution in [1.82, 2.24) is 9.97 Å². The summed E-state index contributed by atoms with van der Waals surface area (Å²) in [6, 6.07) is 13.4. The van der Waals surface area contributed by atoms with Crippen molar-refractivity contribution in [3.63, 3.8) is 0 Å². The van der Waals surface area contributed by atoms with Crippen LogP contribution in [0.4, 0.5) is 20.2 Å². The molecule has 2 aromatic carbocycles. The van der Waals surface area contributed by atoms with Crippen molar-refractivity contribution in [2.24, 2.45) is 0 Å². The van der Waals surface area contributed by atoms with Gasteiger partial charge in [0.25, 0.3) is 5.69 Å². The third kappa shape index (κ3) is 9.68. The predicted molar refractivity (Wildman–Crippen MR) is 135 cm³/mol. The van der Waals surface area contributed by atoms with Crippen LogP contribution >= 0.6 is 11.6 Å². The standard InChI is InChI=1S/C11H7FN2O2.C6H6BFO2.C5H3ClN2O2.CH4/c12-9-3-1-8(2-4-9)10-5-6-13-7-11(10)14(15)16;8-6-3-1-5(2-4-6)7(9)10;6-4-1-2-7-3-5(4)8(9)10;/h1-7H;1-4,9-10H;1-3H;1H4. The molecule has 37 heavy (non-hydrogen) atoms. The summed E-state index contributed by atoms with van der Waals surface area (Å²) in [5, 5.41) is 38.1. The number of nitro groups is 2. The minimum absolute atomic E-state index is 0. The summed E-state index contributed by atoms with van der Waals surface area (Å²) in [4.78, 5) is 27.0. The van der Waals surface area contributed by atoms with E-state index < -0.39 is 17.0 Å². The summed E-state index contributed by atoms with van der Waals surface area (Å²) in [6.07, 6.45) is 5.15. The number of rotatable bonds is 4. The highest BCUT2D eigenvalue weighted by molar-refractivity contribution is 6.58. The first kappa shape index (κ1) is 30.7. The first-order valence-electron chi connectivity index (χ1n) is 9.80. The van der Waals surface area contributed by atoms with Gasteiger partial charge in [0.15, 0.2) is 0 Å². The van der Waals surface area contributed by atoms with Gasteiger partial charge in [0, 0.05) is 12.4 Å². The summed E-state index contributed by atoms with van der Waals surface area (Å²) >= 11 is 5.44. The molecule has 0 aliphatic carbocycles. The minimum Gasteiger partial charge on any atom is -0.423 e. The fourth-order valence-electron chi connectivity index (χ4n) is 2.54. The van der Waals surface area contributed by atoms with Crippen molar-refractivity contribution in [1.29, 1.82) is 0 Å². The molecular weight excluding hydrogens is 513 g/mol. The highest BCUT2D eigenvalue weighted by Crippen LogP contribution is 2.28. The van der Waals surface area contributed by atoms with E-state index >= 15 is 0 Å². The second-order valence-electron chi connectivity index (χ2n) is 6.67. The zero-order chi connectivity index (χ0) is 26.7. The van der Waals surface area contributed by atoms with Crippen LogP contribution in [0.3, 0.4) is 0 Å². The Bertz CT molecular complexity index is 1320. The summed E-state index contributed by atoms with van der Waals surface area (Å²) in [5.41, 5.74) is 1.06. The topological polar surface area (TPSA) is 153 Å². The average Bonchev–Trinajstić information content (AvgIpc) is 2.86. The van der Waals surface area contributed by atoms with Gasteiger partial charge in [-0.25, -0.2) is 8.78 Å². The highest BCUT2D eigenvalue weighted by atomic mass is 35.5. The van der Waals surface area contributed by atoms with E-state index in [0.29, 0.717) is 16.6 Å². The Morgan fingerprint density at radius 1 is 0.757 bits per heavy atom. The lowest BCUT2D eigenvalue weighted by atomic mass is 9.80. The smallest absolute Gasteiger partial charge is 0.423 e. The van der Waals surface area contributed by atoms with Crippen LogP contribution in [0.2, 0.25) is 5.02 Å². The average molecular weight is 533 g/mol. The van der Waals surface area contributed by atoms with Crippen LogP contribution in [0.15, 0.2) is 85.5 Å². The fourth-order valence-corrected chi connectivity index (χ4v) is 2.72. The van der Waals surface area contributed by atoms with Gasteiger partial charge in [0.2, 0.25) is 0 Å². The summed E-state index contributed by atoms with van der Waals surface area (Å²) in [5.74, 6) is -0.759. The van der Waals surface area contributed by atoms with Crippen molar-refractivity contribution >= 4 is 35.6 Å². The van der Waals surface area contributed by atoms with Crippen LogP contribution in [0.1, 0.15) is 7.43 Å². The molecule has 0 bridgehead atoms. The van der Waals surface area contributed by atoms with Crippen molar-refractivity contribution < 1.29 is 28.7 Å². The van der Waals surface area contributed by atoms with Gasteiger partial charge < -0.3 is 10.0 Å². The third-order valence-corrected chi connectivity index (χ3v) is 4.58. The molecule has 0 amide bonds. The van der Waals surface area contributed by atoms with Crippen LogP contribution < -0.4 is 5.46 Å². The molecule has 0 saturated heterocycles. The molecule has 0 spiro atoms. The Kier molecular flexibility index (Phi) is 12.4. The Labute approximate surface area is 215 Å². The molecule has 2 N–H and O–H groups in total. The molecule has 0 aliphatic rings. The van der Waals surface area contributed by atoms with Gasteiger partial charge >= 0.3 is 12.8 Å². The van der Waals surface area contributed by atoms with E-state index in [-0.39, 0.29) is 35.5 Å². The lowest BCUT2D eigenvalue weighted by Crippen LogP contribution is -2.29. The zero-order valence-corrected chi connectivity index (χ0v) is 18.9. The number of aromatic nitrogens is 2. The fraction of sp³-hybridized carbons (Fsp3) is 0.0435. The van der Waals surface area contributed by atoms with Gasteiger partial charge in [-0.1, -0.05) is 43.3 Å². The maximum absolute atomic E-state index is 12.7. The van der Waals surface area contributed by atoms with E-state index in [2.05, 4.69) is 9.97 Å². The van der Waals surface area contributed by atoms with Crippen molar-refractivity contribution in [3.05, 3.63) is 122 Å². The van der Waals surface area contributed by atoms with Crippen molar-refractivity contribution in [2.75, 3.05) is 0 Å². The molecule has 0 radical (unpaired) electrons.